The number of hydrogen-bond donors (Lipinski definition) is 0. The van der Waals surface area contributed by atoms with Crippen LogP contribution in [0.15, 0.2) is 41.5 Å². The fourth-order valence-electron chi connectivity index (χ4n) is 1.25. The summed E-state index contributed by atoms with van der Waals surface area (Å²) >= 11 is 5.89. The number of hydrogen-bond acceptors (Lipinski definition) is 3. The summed E-state index contributed by atoms with van der Waals surface area (Å²) in [4.78, 5) is 15.5. The van der Waals surface area contributed by atoms with Crippen molar-refractivity contribution in [2.75, 3.05) is 0 Å². The fraction of sp³-hybridized carbons (Fsp3) is 0.0909. The van der Waals surface area contributed by atoms with E-state index in [0.29, 0.717) is 10.6 Å². The summed E-state index contributed by atoms with van der Waals surface area (Å²) in [6.07, 6.45) is 6.31. The third-order valence-electron chi connectivity index (χ3n) is 2.05. The molecule has 0 atom stereocenters. The lowest BCUT2D eigenvalue weighted by atomic mass is 10.1. The van der Waals surface area contributed by atoms with Crippen molar-refractivity contribution in [3.63, 3.8) is 0 Å². The Balaban J connectivity index is 2.17. The van der Waals surface area contributed by atoms with Gasteiger partial charge in [0.15, 0.2) is 5.78 Å². The van der Waals surface area contributed by atoms with E-state index in [9.17, 15) is 4.79 Å². The van der Waals surface area contributed by atoms with Crippen LogP contribution in [0.2, 0.25) is 5.02 Å². The van der Waals surface area contributed by atoms with Crippen molar-refractivity contribution in [3.05, 3.63) is 53.2 Å². The van der Waals surface area contributed by atoms with E-state index in [2.05, 4.69) is 4.98 Å². The van der Waals surface area contributed by atoms with Gasteiger partial charge in [0.2, 0.25) is 0 Å². The Morgan fingerprint density at radius 2 is 2.33 bits per heavy atom. The van der Waals surface area contributed by atoms with Crippen molar-refractivity contribution in [1.29, 1.82) is 0 Å². The molecule has 3 nitrogen and oxygen atoms in total. The number of pyridine rings is 1. The predicted octanol–water partition coefficient (Wildman–Crippen LogP) is 2.75. The van der Waals surface area contributed by atoms with Gasteiger partial charge in [-0.1, -0.05) is 11.6 Å². The van der Waals surface area contributed by atoms with Crippen molar-refractivity contribution in [3.8, 4) is 0 Å². The molecule has 2 heterocycles. The summed E-state index contributed by atoms with van der Waals surface area (Å²) < 4.78 is 4.84. The predicted molar refractivity (Wildman–Crippen MR) is 56.0 cm³/mol. The first-order valence-electron chi connectivity index (χ1n) is 4.41. The maximum atomic E-state index is 11.7. The highest BCUT2D eigenvalue weighted by atomic mass is 35.5. The minimum absolute atomic E-state index is 0.0168. The van der Waals surface area contributed by atoms with Crippen LogP contribution in [0.25, 0.3) is 0 Å². The lowest BCUT2D eigenvalue weighted by Crippen LogP contribution is -2.02. The van der Waals surface area contributed by atoms with Crippen molar-refractivity contribution in [1.82, 2.24) is 4.98 Å². The number of nitrogens with zero attached hydrogens (tertiary/aromatic N) is 1. The molecule has 0 unspecified atom stereocenters. The molecule has 0 saturated carbocycles. The van der Waals surface area contributed by atoms with E-state index in [0.717, 1.165) is 5.56 Å². The lowest BCUT2D eigenvalue weighted by Gasteiger charge is -2.00. The quantitative estimate of drug-likeness (QED) is 0.749. The number of Topliss-reactive ketones (excluding diaryl/α,β-unsaturated/α-hetero) is 1. The molecule has 76 valence electrons. The van der Waals surface area contributed by atoms with Gasteiger partial charge in [-0.25, -0.2) is 0 Å². The normalized spacial score (nSPS) is 10.2. The van der Waals surface area contributed by atoms with E-state index in [4.69, 9.17) is 16.0 Å². The average Bonchev–Trinajstić information content (AvgIpc) is 2.74. The number of halogens is 1. The highest BCUT2D eigenvalue weighted by molar-refractivity contribution is 6.31. The van der Waals surface area contributed by atoms with E-state index < -0.39 is 0 Å². The van der Waals surface area contributed by atoms with Crippen LogP contribution >= 0.6 is 11.6 Å². The summed E-state index contributed by atoms with van der Waals surface area (Å²) in [6, 6.07) is 3.37. The van der Waals surface area contributed by atoms with Gasteiger partial charge in [-0.3, -0.25) is 9.78 Å². The topological polar surface area (TPSA) is 43.1 Å². The second-order valence-corrected chi connectivity index (χ2v) is 3.49. The molecule has 0 aliphatic rings. The maximum Gasteiger partial charge on any atom is 0.170 e. The van der Waals surface area contributed by atoms with E-state index in [1.54, 1.807) is 18.3 Å². The third kappa shape index (κ3) is 2.25. The molecule has 4 heteroatoms. The van der Waals surface area contributed by atoms with Crippen molar-refractivity contribution >= 4 is 17.4 Å². The molecule has 0 aromatic carbocycles. The van der Waals surface area contributed by atoms with E-state index in [1.165, 1.54) is 18.7 Å². The largest absolute Gasteiger partial charge is 0.472 e. The molecule has 0 bridgehead atoms. The number of ketones is 1. The first-order chi connectivity index (χ1) is 7.27. The Morgan fingerprint density at radius 3 is 3.00 bits per heavy atom. The van der Waals surface area contributed by atoms with E-state index in [1.807, 2.05) is 0 Å². The molecule has 2 aromatic rings. The van der Waals surface area contributed by atoms with Crippen molar-refractivity contribution in [2.24, 2.45) is 0 Å². The van der Waals surface area contributed by atoms with Gasteiger partial charge in [0.25, 0.3) is 0 Å². The molecule has 2 rings (SSSR count). The van der Waals surface area contributed by atoms with Crippen LogP contribution < -0.4 is 0 Å². The van der Waals surface area contributed by atoms with Gasteiger partial charge in [-0.05, 0) is 17.7 Å². The molecule has 0 spiro atoms. The average molecular weight is 222 g/mol. The smallest absolute Gasteiger partial charge is 0.170 e. The van der Waals surface area contributed by atoms with Crippen LogP contribution in [0.3, 0.4) is 0 Å². The van der Waals surface area contributed by atoms with Gasteiger partial charge in [-0.2, -0.15) is 0 Å². The van der Waals surface area contributed by atoms with Crippen LogP contribution in [0, 0.1) is 0 Å². The molecule has 0 fully saturated rings. The zero-order chi connectivity index (χ0) is 10.7. The summed E-state index contributed by atoms with van der Waals surface area (Å²) in [5, 5.41) is 0.509. The van der Waals surface area contributed by atoms with Crippen molar-refractivity contribution < 1.29 is 9.21 Å². The minimum atomic E-state index is -0.0168. The second-order valence-electron chi connectivity index (χ2n) is 3.08. The van der Waals surface area contributed by atoms with Crippen LogP contribution in [0.1, 0.15) is 15.9 Å². The van der Waals surface area contributed by atoms with Gasteiger partial charge in [0.1, 0.15) is 6.26 Å². The zero-order valence-electron chi connectivity index (χ0n) is 7.81. The third-order valence-corrected chi connectivity index (χ3v) is 2.39. The maximum absolute atomic E-state index is 11.7. The van der Waals surface area contributed by atoms with Gasteiger partial charge in [0, 0.05) is 18.8 Å². The molecule has 0 aliphatic heterocycles. The van der Waals surface area contributed by atoms with Crippen LogP contribution in [-0.4, -0.2) is 10.8 Å². The number of rotatable bonds is 3. The lowest BCUT2D eigenvalue weighted by molar-refractivity contribution is 0.0992. The molecule has 0 amide bonds. The summed E-state index contributed by atoms with van der Waals surface area (Å²) in [7, 11) is 0. The first-order valence-corrected chi connectivity index (χ1v) is 4.79. The molecule has 15 heavy (non-hydrogen) atoms. The highest BCUT2D eigenvalue weighted by Gasteiger charge is 2.10. The SMILES string of the molecule is O=C(Cc1ccncc1Cl)c1ccoc1. The van der Waals surface area contributed by atoms with Crippen LogP contribution in [0.4, 0.5) is 0 Å². The minimum Gasteiger partial charge on any atom is -0.472 e. The van der Waals surface area contributed by atoms with Gasteiger partial charge >= 0.3 is 0 Å². The number of carbonyl (C=O) groups is 1. The Morgan fingerprint density at radius 1 is 1.47 bits per heavy atom. The van der Waals surface area contributed by atoms with Gasteiger partial charge in [0.05, 0.1) is 16.8 Å². The van der Waals surface area contributed by atoms with E-state index >= 15 is 0 Å². The standard InChI is InChI=1S/C11H8ClNO2/c12-10-6-13-3-1-8(10)5-11(14)9-2-4-15-7-9/h1-4,6-7H,5H2. The number of aromatic nitrogens is 1. The van der Waals surface area contributed by atoms with Gasteiger partial charge in [-0.15, -0.1) is 0 Å². The molecule has 2 aromatic heterocycles. The molecule has 0 aliphatic carbocycles. The Hall–Kier alpha value is -1.61. The fourth-order valence-corrected chi connectivity index (χ4v) is 1.43. The Labute approximate surface area is 91.7 Å². The zero-order valence-corrected chi connectivity index (χ0v) is 8.57. The van der Waals surface area contributed by atoms with Gasteiger partial charge < -0.3 is 4.42 Å². The van der Waals surface area contributed by atoms with Crippen LogP contribution in [-0.2, 0) is 6.42 Å². The number of furan rings is 1. The summed E-state index contributed by atoms with van der Waals surface area (Å²) in [5.74, 6) is -0.0168. The Bertz CT molecular complexity index is 465. The second kappa shape index (κ2) is 4.28. The van der Waals surface area contributed by atoms with E-state index in [-0.39, 0.29) is 12.2 Å². The summed E-state index contributed by atoms with van der Waals surface area (Å²) in [6.45, 7) is 0. The van der Waals surface area contributed by atoms with Crippen LogP contribution in [0.5, 0.6) is 0 Å². The monoisotopic (exact) mass is 221 g/mol. The van der Waals surface area contributed by atoms with Crippen molar-refractivity contribution in [2.45, 2.75) is 6.42 Å². The molecule has 0 saturated heterocycles. The molecular weight excluding hydrogens is 214 g/mol. The molecular formula is C11H8ClNO2. The molecule has 0 N–H and O–H groups in total. The number of carbonyl (C=O) groups excluding carboxylic acids is 1. The highest BCUT2D eigenvalue weighted by Crippen LogP contribution is 2.16. The first kappa shape index (κ1) is 9.93. The summed E-state index contributed by atoms with van der Waals surface area (Å²) in [5.41, 5.74) is 1.33. The Kier molecular flexibility index (Phi) is 2.83. The molecule has 0 radical (unpaired) electrons.